The number of hydrogen-bond acceptors (Lipinski definition) is 5. The number of benzene rings is 1. The fourth-order valence-corrected chi connectivity index (χ4v) is 5.02. The van der Waals surface area contributed by atoms with E-state index in [1.54, 1.807) is 11.6 Å². The molecule has 1 fully saturated rings. The minimum Gasteiger partial charge on any atom is -0.379 e. The molecule has 1 amide bonds. The normalized spacial score (nSPS) is 18.1. The molecule has 1 aromatic carbocycles. The van der Waals surface area contributed by atoms with E-state index in [1.165, 1.54) is 5.69 Å². The van der Waals surface area contributed by atoms with Crippen LogP contribution in [-0.2, 0) is 29.5 Å². The molecule has 0 N–H and O–H groups in total. The van der Waals surface area contributed by atoms with Crippen LogP contribution in [-0.4, -0.2) is 55.1 Å². The van der Waals surface area contributed by atoms with Gasteiger partial charge < -0.3 is 9.64 Å². The van der Waals surface area contributed by atoms with Crippen LogP contribution in [0.2, 0.25) is 0 Å². The number of amides is 1. The summed E-state index contributed by atoms with van der Waals surface area (Å²) in [5.74, 6) is 0.101. The van der Waals surface area contributed by atoms with Crippen molar-refractivity contribution in [2.45, 2.75) is 32.4 Å². The summed E-state index contributed by atoms with van der Waals surface area (Å²) in [5, 5.41) is 10.5. The number of pyridine rings is 1. The standard InChI is InChI=1S/C25H26N6O2/c1-16(32)30-10-8-24-21(14-30)25(28-31(24)18-9-11-33-15-18)20-4-3-5-23-19(20)6-7-22(27-23)17-12-26-29(2)13-17/h3-7,12-13,18H,8-11,14-15H2,1-2H3. The molecular weight excluding hydrogens is 416 g/mol. The molecule has 0 radical (unpaired) electrons. The average Bonchev–Trinajstić information content (AvgIpc) is 3.57. The molecule has 0 saturated carbocycles. The van der Waals surface area contributed by atoms with E-state index < -0.39 is 0 Å². The van der Waals surface area contributed by atoms with E-state index in [0.717, 1.165) is 65.0 Å². The predicted molar refractivity (Wildman–Crippen MR) is 124 cm³/mol. The van der Waals surface area contributed by atoms with E-state index in [2.05, 4.69) is 21.9 Å². The maximum Gasteiger partial charge on any atom is 0.219 e. The van der Waals surface area contributed by atoms with Crippen molar-refractivity contribution >= 4 is 16.8 Å². The smallest absolute Gasteiger partial charge is 0.219 e. The summed E-state index contributed by atoms with van der Waals surface area (Å²) in [6.07, 6.45) is 5.58. The Labute approximate surface area is 191 Å². The van der Waals surface area contributed by atoms with Crippen LogP contribution in [0.15, 0.2) is 42.7 Å². The van der Waals surface area contributed by atoms with E-state index in [-0.39, 0.29) is 11.9 Å². The Morgan fingerprint density at radius 2 is 2.12 bits per heavy atom. The highest BCUT2D eigenvalue weighted by Crippen LogP contribution is 2.37. The number of nitrogens with zero attached hydrogens (tertiary/aromatic N) is 6. The molecule has 8 nitrogen and oxygen atoms in total. The zero-order valence-electron chi connectivity index (χ0n) is 18.9. The Morgan fingerprint density at radius 1 is 1.21 bits per heavy atom. The van der Waals surface area contributed by atoms with Crippen molar-refractivity contribution in [1.29, 1.82) is 0 Å². The molecule has 168 valence electrons. The Morgan fingerprint density at radius 3 is 2.88 bits per heavy atom. The summed E-state index contributed by atoms with van der Waals surface area (Å²) >= 11 is 0. The second kappa shape index (κ2) is 7.81. The molecule has 8 heteroatoms. The minimum absolute atomic E-state index is 0.101. The fraction of sp³-hybridized carbons (Fsp3) is 0.360. The highest BCUT2D eigenvalue weighted by atomic mass is 16.5. The number of aromatic nitrogens is 5. The molecule has 5 heterocycles. The lowest BCUT2D eigenvalue weighted by atomic mass is 9.97. The minimum atomic E-state index is 0.101. The van der Waals surface area contributed by atoms with E-state index in [0.29, 0.717) is 13.2 Å². The lowest BCUT2D eigenvalue weighted by Gasteiger charge is -2.27. The molecule has 33 heavy (non-hydrogen) atoms. The van der Waals surface area contributed by atoms with Gasteiger partial charge in [0, 0.05) is 74.1 Å². The number of carbonyl (C=O) groups excluding carboxylic acids is 1. The second-order valence-electron chi connectivity index (χ2n) is 8.90. The van der Waals surface area contributed by atoms with Crippen LogP contribution in [0.25, 0.3) is 33.4 Å². The molecule has 1 unspecified atom stereocenters. The molecule has 0 spiro atoms. The zero-order valence-corrected chi connectivity index (χ0v) is 18.9. The van der Waals surface area contributed by atoms with Gasteiger partial charge in [0.15, 0.2) is 0 Å². The lowest BCUT2D eigenvalue weighted by Crippen LogP contribution is -2.35. The Hall–Kier alpha value is -3.52. The summed E-state index contributed by atoms with van der Waals surface area (Å²) in [4.78, 5) is 19.0. The third-order valence-corrected chi connectivity index (χ3v) is 6.77. The first kappa shape index (κ1) is 20.1. The maximum atomic E-state index is 12.2. The average molecular weight is 443 g/mol. The third kappa shape index (κ3) is 3.41. The Bertz CT molecular complexity index is 1360. The van der Waals surface area contributed by atoms with Crippen LogP contribution in [0.5, 0.6) is 0 Å². The second-order valence-corrected chi connectivity index (χ2v) is 8.90. The van der Waals surface area contributed by atoms with Gasteiger partial charge in [0.2, 0.25) is 5.91 Å². The Balaban J connectivity index is 1.50. The molecule has 0 aliphatic carbocycles. The van der Waals surface area contributed by atoms with Gasteiger partial charge in [-0.15, -0.1) is 0 Å². The first-order valence-electron chi connectivity index (χ1n) is 11.4. The van der Waals surface area contributed by atoms with Gasteiger partial charge in [-0.05, 0) is 24.6 Å². The van der Waals surface area contributed by atoms with Crippen LogP contribution >= 0.6 is 0 Å². The van der Waals surface area contributed by atoms with Crippen molar-refractivity contribution in [2.24, 2.45) is 7.05 Å². The summed E-state index contributed by atoms with van der Waals surface area (Å²) in [6.45, 7) is 4.42. The number of carbonyl (C=O) groups is 1. The van der Waals surface area contributed by atoms with E-state index in [4.69, 9.17) is 14.8 Å². The molecule has 0 bridgehead atoms. The number of rotatable bonds is 3. The van der Waals surface area contributed by atoms with Gasteiger partial charge in [-0.25, -0.2) is 4.98 Å². The van der Waals surface area contributed by atoms with E-state index in [9.17, 15) is 4.79 Å². The number of ether oxygens (including phenoxy) is 1. The first-order chi connectivity index (χ1) is 16.1. The highest BCUT2D eigenvalue weighted by molar-refractivity contribution is 5.95. The number of hydrogen-bond donors (Lipinski definition) is 0. The van der Waals surface area contributed by atoms with Crippen molar-refractivity contribution in [3.63, 3.8) is 0 Å². The molecule has 3 aromatic heterocycles. The topological polar surface area (TPSA) is 78.1 Å². The predicted octanol–water partition coefficient (Wildman–Crippen LogP) is 3.36. The zero-order chi connectivity index (χ0) is 22.5. The van der Waals surface area contributed by atoms with Gasteiger partial charge in [-0.1, -0.05) is 12.1 Å². The van der Waals surface area contributed by atoms with Crippen molar-refractivity contribution in [2.75, 3.05) is 19.8 Å². The summed E-state index contributed by atoms with van der Waals surface area (Å²) < 4.78 is 9.62. The largest absolute Gasteiger partial charge is 0.379 e. The van der Waals surface area contributed by atoms with E-state index in [1.807, 2.05) is 42.5 Å². The Kier molecular flexibility index (Phi) is 4.76. The quantitative estimate of drug-likeness (QED) is 0.486. The van der Waals surface area contributed by atoms with Crippen molar-refractivity contribution in [3.05, 3.63) is 54.0 Å². The molecule has 1 atom stereocenters. The SMILES string of the molecule is CC(=O)N1CCc2c(c(-c3cccc4nc(-c5cnn(C)c5)ccc34)nn2C2CCOC2)C1. The van der Waals surface area contributed by atoms with Crippen LogP contribution in [0, 0.1) is 0 Å². The van der Waals surface area contributed by atoms with Gasteiger partial charge in [-0.3, -0.25) is 14.2 Å². The van der Waals surface area contributed by atoms with Crippen molar-refractivity contribution < 1.29 is 9.53 Å². The van der Waals surface area contributed by atoms with Gasteiger partial charge in [-0.2, -0.15) is 10.2 Å². The van der Waals surface area contributed by atoms with E-state index >= 15 is 0 Å². The van der Waals surface area contributed by atoms with Gasteiger partial charge >= 0.3 is 0 Å². The van der Waals surface area contributed by atoms with Crippen LogP contribution < -0.4 is 0 Å². The fourth-order valence-electron chi connectivity index (χ4n) is 5.02. The van der Waals surface area contributed by atoms with Crippen LogP contribution in [0.3, 0.4) is 0 Å². The number of aryl methyl sites for hydroxylation is 1. The monoisotopic (exact) mass is 442 g/mol. The number of fused-ring (bicyclic) bond motifs is 2. The molecule has 4 aromatic rings. The highest BCUT2D eigenvalue weighted by Gasteiger charge is 2.31. The van der Waals surface area contributed by atoms with Gasteiger partial charge in [0.25, 0.3) is 0 Å². The van der Waals surface area contributed by atoms with Crippen LogP contribution in [0.4, 0.5) is 0 Å². The first-order valence-corrected chi connectivity index (χ1v) is 11.4. The molecule has 2 aliphatic heterocycles. The molecular formula is C25H26N6O2. The van der Waals surface area contributed by atoms with Gasteiger partial charge in [0.05, 0.1) is 35.8 Å². The summed E-state index contributed by atoms with van der Waals surface area (Å²) in [6, 6.07) is 10.6. The molecule has 6 rings (SSSR count). The van der Waals surface area contributed by atoms with Crippen LogP contribution in [0.1, 0.15) is 30.6 Å². The van der Waals surface area contributed by atoms with Crippen molar-refractivity contribution in [3.8, 4) is 22.5 Å². The lowest BCUT2D eigenvalue weighted by molar-refractivity contribution is -0.129. The summed E-state index contributed by atoms with van der Waals surface area (Å²) in [7, 11) is 1.90. The summed E-state index contributed by atoms with van der Waals surface area (Å²) in [5.41, 5.74) is 7.18. The molecule has 2 aliphatic rings. The molecule has 1 saturated heterocycles. The van der Waals surface area contributed by atoms with Crippen molar-refractivity contribution in [1.82, 2.24) is 29.4 Å². The third-order valence-electron chi connectivity index (χ3n) is 6.77. The van der Waals surface area contributed by atoms with Gasteiger partial charge in [0.1, 0.15) is 0 Å². The maximum absolute atomic E-state index is 12.2.